The molecule has 0 saturated carbocycles. The lowest BCUT2D eigenvalue weighted by Gasteiger charge is -2.13. The number of carbonyl (C=O) groups is 2. The van der Waals surface area contributed by atoms with Crippen LogP contribution in [0.1, 0.15) is 28.4 Å². The van der Waals surface area contributed by atoms with E-state index in [1.807, 2.05) is 49.4 Å². The third-order valence-electron chi connectivity index (χ3n) is 5.53. The van der Waals surface area contributed by atoms with E-state index in [0.29, 0.717) is 38.5 Å². The molecule has 4 aromatic carbocycles. The predicted octanol–water partition coefficient (Wildman–Crippen LogP) is 7.22. The number of ether oxygens (including phenoxy) is 3. The number of rotatable bonds is 6. The summed E-state index contributed by atoms with van der Waals surface area (Å²) in [7, 11) is 0. The lowest BCUT2D eigenvalue weighted by molar-refractivity contribution is -0.129. The van der Waals surface area contributed by atoms with Crippen LogP contribution in [-0.4, -0.2) is 24.4 Å². The lowest BCUT2D eigenvalue weighted by atomic mass is 10.1. The molecule has 0 bridgehead atoms. The third-order valence-corrected chi connectivity index (χ3v) is 6.37. The van der Waals surface area contributed by atoms with Crippen molar-refractivity contribution in [2.45, 2.75) is 6.92 Å². The zero-order valence-corrected chi connectivity index (χ0v) is 21.9. The summed E-state index contributed by atoms with van der Waals surface area (Å²) in [6.45, 7) is 2.16. The van der Waals surface area contributed by atoms with Crippen molar-refractivity contribution in [3.63, 3.8) is 0 Å². The highest BCUT2D eigenvalue weighted by atomic mass is 79.9. The molecular weight excluding hydrogens is 558 g/mol. The van der Waals surface area contributed by atoms with Crippen molar-refractivity contribution in [2.24, 2.45) is 4.99 Å². The first kappa shape index (κ1) is 24.7. The SMILES string of the molecule is CCOc1cc(/C=C2\N=C(c3ccc4ccccc4c3)OC2=O)cc(Br)c1OC(=O)c1ccc(Cl)cc1. The van der Waals surface area contributed by atoms with Gasteiger partial charge in [0.2, 0.25) is 5.90 Å². The molecule has 0 radical (unpaired) electrons. The van der Waals surface area contributed by atoms with Crippen molar-refractivity contribution in [3.05, 3.63) is 111 Å². The summed E-state index contributed by atoms with van der Waals surface area (Å²) in [6.07, 6.45) is 1.59. The number of esters is 2. The summed E-state index contributed by atoms with van der Waals surface area (Å²) < 4.78 is 17.3. The van der Waals surface area contributed by atoms with Crippen LogP contribution in [0.5, 0.6) is 11.5 Å². The van der Waals surface area contributed by atoms with Crippen LogP contribution in [0.3, 0.4) is 0 Å². The Balaban J connectivity index is 1.44. The molecule has 0 fully saturated rings. The average Bonchev–Trinajstić information content (AvgIpc) is 3.26. The lowest BCUT2D eigenvalue weighted by Crippen LogP contribution is -2.10. The van der Waals surface area contributed by atoms with E-state index in [9.17, 15) is 9.59 Å². The quantitative estimate of drug-likeness (QED) is 0.138. The molecule has 0 unspecified atom stereocenters. The minimum absolute atomic E-state index is 0.142. The number of hydrogen-bond acceptors (Lipinski definition) is 6. The second kappa shape index (κ2) is 10.6. The number of fused-ring (bicyclic) bond motifs is 1. The van der Waals surface area contributed by atoms with E-state index in [0.717, 1.165) is 10.8 Å². The van der Waals surface area contributed by atoms with Crippen LogP contribution in [-0.2, 0) is 9.53 Å². The number of hydrogen-bond donors (Lipinski definition) is 0. The van der Waals surface area contributed by atoms with E-state index in [1.54, 1.807) is 42.5 Å². The summed E-state index contributed by atoms with van der Waals surface area (Å²) in [5.41, 5.74) is 1.80. The minimum atomic E-state index is -0.562. The van der Waals surface area contributed by atoms with Crippen LogP contribution in [0.4, 0.5) is 0 Å². The Labute approximate surface area is 226 Å². The van der Waals surface area contributed by atoms with Gasteiger partial charge in [-0.2, -0.15) is 0 Å². The zero-order valence-electron chi connectivity index (χ0n) is 19.5. The van der Waals surface area contributed by atoms with E-state index in [-0.39, 0.29) is 17.3 Å². The van der Waals surface area contributed by atoms with Crippen molar-refractivity contribution in [2.75, 3.05) is 6.61 Å². The van der Waals surface area contributed by atoms with Gasteiger partial charge in [0.1, 0.15) is 0 Å². The third kappa shape index (κ3) is 5.43. The molecule has 184 valence electrons. The van der Waals surface area contributed by atoms with Crippen molar-refractivity contribution < 1.29 is 23.8 Å². The van der Waals surface area contributed by atoms with Crippen LogP contribution in [0.25, 0.3) is 16.8 Å². The Morgan fingerprint density at radius 1 is 1.03 bits per heavy atom. The maximum absolute atomic E-state index is 12.7. The Kier molecular flexibility index (Phi) is 7.08. The van der Waals surface area contributed by atoms with E-state index < -0.39 is 11.9 Å². The van der Waals surface area contributed by atoms with Crippen LogP contribution >= 0.6 is 27.5 Å². The van der Waals surface area contributed by atoms with Gasteiger partial charge in [0.15, 0.2) is 17.2 Å². The van der Waals surface area contributed by atoms with Crippen LogP contribution in [0, 0.1) is 0 Å². The molecule has 0 aromatic heterocycles. The second-order valence-corrected chi connectivity index (χ2v) is 9.35. The van der Waals surface area contributed by atoms with Gasteiger partial charge in [-0.15, -0.1) is 0 Å². The molecule has 0 spiro atoms. The molecule has 0 amide bonds. The van der Waals surface area contributed by atoms with Crippen molar-refractivity contribution in [3.8, 4) is 11.5 Å². The van der Waals surface area contributed by atoms with E-state index in [2.05, 4.69) is 20.9 Å². The van der Waals surface area contributed by atoms with Crippen LogP contribution in [0.2, 0.25) is 5.02 Å². The van der Waals surface area contributed by atoms with Crippen LogP contribution < -0.4 is 9.47 Å². The number of nitrogens with zero attached hydrogens (tertiary/aromatic N) is 1. The Morgan fingerprint density at radius 3 is 2.54 bits per heavy atom. The highest BCUT2D eigenvalue weighted by molar-refractivity contribution is 9.10. The predicted molar refractivity (Wildman–Crippen MR) is 146 cm³/mol. The van der Waals surface area contributed by atoms with Gasteiger partial charge >= 0.3 is 11.9 Å². The van der Waals surface area contributed by atoms with Gasteiger partial charge in [-0.1, -0.05) is 41.9 Å². The Bertz CT molecular complexity index is 1590. The number of halogens is 2. The fraction of sp³-hybridized carbons (Fsp3) is 0.0690. The smallest absolute Gasteiger partial charge is 0.363 e. The normalized spacial score (nSPS) is 14.0. The summed E-state index contributed by atoms with van der Waals surface area (Å²) in [5, 5.41) is 2.62. The van der Waals surface area contributed by atoms with Crippen molar-refractivity contribution in [1.29, 1.82) is 0 Å². The molecule has 6 nitrogen and oxygen atoms in total. The molecular formula is C29H19BrClNO5. The molecule has 37 heavy (non-hydrogen) atoms. The number of benzene rings is 4. The first-order chi connectivity index (χ1) is 17.9. The topological polar surface area (TPSA) is 74.2 Å². The molecule has 0 N–H and O–H groups in total. The maximum Gasteiger partial charge on any atom is 0.363 e. The maximum atomic E-state index is 12.7. The summed E-state index contributed by atoms with van der Waals surface area (Å²) >= 11 is 9.36. The van der Waals surface area contributed by atoms with E-state index >= 15 is 0 Å². The molecule has 1 heterocycles. The zero-order chi connectivity index (χ0) is 25.9. The monoisotopic (exact) mass is 575 g/mol. The first-order valence-corrected chi connectivity index (χ1v) is 12.5. The van der Waals surface area contributed by atoms with Gasteiger partial charge in [-0.25, -0.2) is 14.6 Å². The van der Waals surface area contributed by atoms with Gasteiger partial charge in [0.25, 0.3) is 0 Å². The molecule has 4 aromatic rings. The van der Waals surface area contributed by atoms with Gasteiger partial charge in [-0.05, 0) is 93.8 Å². The fourth-order valence-electron chi connectivity index (χ4n) is 3.78. The molecule has 0 atom stereocenters. The number of carbonyl (C=O) groups excluding carboxylic acids is 2. The average molecular weight is 577 g/mol. The molecule has 1 aliphatic heterocycles. The van der Waals surface area contributed by atoms with Gasteiger partial charge in [0.05, 0.1) is 16.6 Å². The number of cyclic esters (lactones) is 1. The summed E-state index contributed by atoms with van der Waals surface area (Å²) in [4.78, 5) is 29.7. The highest BCUT2D eigenvalue weighted by Gasteiger charge is 2.25. The van der Waals surface area contributed by atoms with Gasteiger partial charge in [0, 0.05) is 10.6 Å². The molecule has 1 aliphatic rings. The molecule has 5 rings (SSSR count). The molecule has 0 aliphatic carbocycles. The second-order valence-electron chi connectivity index (χ2n) is 8.06. The summed E-state index contributed by atoms with van der Waals surface area (Å²) in [5.74, 6) is -0.335. The molecule has 8 heteroatoms. The van der Waals surface area contributed by atoms with Crippen LogP contribution in [0.15, 0.2) is 94.0 Å². The van der Waals surface area contributed by atoms with Crippen molar-refractivity contribution >= 4 is 62.2 Å². The minimum Gasteiger partial charge on any atom is -0.490 e. The Morgan fingerprint density at radius 2 is 1.78 bits per heavy atom. The number of aliphatic imine (C=N–C) groups is 1. The summed E-state index contributed by atoms with van der Waals surface area (Å²) in [6, 6.07) is 23.4. The fourth-order valence-corrected chi connectivity index (χ4v) is 4.45. The first-order valence-electron chi connectivity index (χ1n) is 11.4. The largest absolute Gasteiger partial charge is 0.490 e. The van der Waals surface area contributed by atoms with Crippen molar-refractivity contribution in [1.82, 2.24) is 0 Å². The Hall–Kier alpha value is -3.94. The molecule has 0 saturated heterocycles. The van der Waals surface area contributed by atoms with E-state index in [4.69, 9.17) is 25.8 Å². The highest BCUT2D eigenvalue weighted by Crippen LogP contribution is 2.38. The van der Waals surface area contributed by atoms with Gasteiger partial charge in [-0.3, -0.25) is 0 Å². The van der Waals surface area contributed by atoms with E-state index in [1.165, 1.54) is 0 Å². The van der Waals surface area contributed by atoms with Gasteiger partial charge < -0.3 is 14.2 Å². The standard InChI is InChI=1S/C29H19BrClNO5/c1-2-35-25-15-17(13-23(30)26(25)36-28(33)19-9-11-22(31)12-10-19)14-24-29(34)37-27(32-24)21-8-7-18-5-3-4-6-20(18)16-21/h3-16H,2H2,1H3/b24-14-.